The summed E-state index contributed by atoms with van der Waals surface area (Å²) in [6.45, 7) is 4.90. The molecule has 3 heteroatoms. The van der Waals surface area contributed by atoms with Gasteiger partial charge in [0.15, 0.2) is 0 Å². The quantitative estimate of drug-likeness (QED) is 0.808. The number of carbonyl (C=O) groups is 1. The SMILES string of the molecule is CCOC(=O)C(C)CNC1Cc2ccccc2C1. The molecular weight excluding hydrogens is 226 g/mol. The fourth-order valence-electron chi connectivity index (χ4n) is 2.41. The lowest BCUT2D eigenvalue weighted by Crippen LogP contribution is -2.36. The average molecular weight is 247 g/mol. The normalized spacial score (nSPS) is 16.3. The molecule has 18 heavy (non-hydrogen) atoms. The Morgan fingerprint density at radius 2 is 2.00 bits per heavy atom. The number of carbonyl (C=O) groups excluding carboxylic acids is 1. The molecule has 0 spiro atoms. The summed E-state index contributed by atoms with van der Waals surface area (Å²) < 4.78 is 5.00. The van der Waals surface area contributed by atoms with Gasteiger partial charge in [0, 0.05) is 12.6 Å². The highest BCUT2D eigenvalue weighted by Gasteiger charge is 2.22. The number of hydrogen-bond acceptors (Lipinski definition) is 3. The molecule has 1 aliphatic carbocycles. The van der Waals surface area contributed by atoms with E-state index in [1.807, 2.05) is 13.8 Å². The molecule has 0 saturated carbocycles. The Hall–Kier alpha value is -1.35. The molecule has 98 valence electrons. The third kappa shape index (κ3) is 3.10. The van der Waals surface area contributed by atoms with Crippen LogP contribution in [-0.4, -0.2) is 25.2 Å². The molecule has 0 radical (unpaired) electrons. The van der Waals surface area contributed by atoms with Gasteiger partial charge >= 0.3 is 5.97 Å². The van der Waals surface area contributed by atoms with Crippen molar-refractivity contribution in [1.82, 2.24) is 5.32 Å². The van der Waals surface area contributed by atoms with Gasteiger partial charge < -0.3 is 10.1 Å². The maximum atomic E-state index is 11.5. The van der Waals surface area contributed by atoms with Crippen LogP contribution in [0.5, 0.6) is 0 Å². The van der Waals surface area contributed by atoms with E-state index in [1.54, 1.807) is 0 Å². The molecule has 1 aromatic rings. The van der Waals surface area contributed by atoms with Crippen LogP contribution >= 0.6 is 0 Å². The van der Waals surface area contributed by atoms with Gasteiger partial charge in [0.05, 0.1) is 12.5 Å². The topological polar surface area (TPSA) is 38.3 Å². The summed E-state index contributed by atoms with van der Waals surface area (Å²) in [7, 11) is 0. The molecule has 3 nitrogen and oxygen atoms in total. The first kappa shape index (κ1) is 13.1. The minimum Gasteiger partial charge on any atom is -0.466 e. The first-order valence-electron chi connectivity index (χ1n) is 6.67. The van der Waals surface area contributed by atoms with Crippen molar-refractivity contribution >= 4 is 5.97 Å². The van der Waals surface area contributed by atoms with E-state index in [1.165, 1.54) is 11.1 Å². The Morgan fingerprint density at radius 3 is 2.56 bits per heavy atom. The van der Waals surface area contributed by atoms with Crippen molar-refractivity contribution in [3.05, 3.63) is 35.4 Å². The number of fused-ring (bicyclic) bond motifs is 1. The summed E-state index contributed by atoms with van der Waals surface area (Å²) in [6.07, 6.45) is 2.12. The predicted molar refractivity (Wildman–Crippen MR) is 71.4 cm³/mol. The van der Waals surface area contributed by atoms with E-state index < -0.39 is 0 Å². The molecule has 2 rings (SSSR count). The fraction of sp³-hybridized carbons (Fsp3) is 0.533. The zero-order valence-corrected chi connectivity index (χ0v) is 11.1. The van der Waals surface area contributed by atoms with Crippen LogP contribution in [-0.2, 0) is 22.4 Å². The Labute approximate surface area is 109 Å². The van der Waals surface area contributed by atoms with Crippen molar-refractivity contribution in [2.45, 2.75) is 32.7 Å². The highest BCUT2D eigenvalue weighted by atomic mass is 16.5. The van der Waals surface area contributed by atoms with Crippen molar-refractivity contribution in [2.24, 2.45) is 5.92 Å². The van der Waals surface area contributed by atoms with Gasteiger partial charge in [-0.2, -0.15) is 0 Å². The van der Waals surface area contributed by atoms with E-state index >= 15 is 0 Å². The molecule has 0 saturated heterocycles. The highest BCUT2D eigenvalue weighted by molar-refractivity contribution is 5.72. The lowest BCUT2D eigenvalue weighted by Gasteiger charge is -2.15. The summed E-state index contributed by atoms with van der Waals surface area (Å²) >= 11 is 0. The molecule has 0 aliphatic heterocycles. The molecule has 1 aliphatic rings. The summed E-state index contributed by atoms with van der Waals surface area (Å²) in [6, 6.07) is 9.00. The van der Waals surface area contributed by atoms with E-state index in [0.29, 0.717) is 19.2 Å². The van der Waals surface area contributed by atoms with Crippen LogP contribution in [0.25, 0.3) is 0 Å². The Bertz CT molecular complexity index is 392. The molecule has 0 amide bonds. The smallest absolute Gasteiger partial charge is 0.309 e. The van der Waals surface area contributed by atoms with E-state index in [9.17, 15) is 4.79 Å². The zero-order chi connectivity index (χ0) is 13.0. The van der Waals surface area contributed by atoms with Crippen molar-refractivity contribution in [1.29, 1.82) is 0 Å². The van der Waals surface area contributed by atoms with E-state index in [-0.39, 0.29) is 11.9 Å². The third-order valence-electron chi connectivity index (χ3n) is 3.45. The maximum absolute atomic E-state index is 11.5. The summed E-state index contributed by atoms with van der Waals surface area (Å²) in [5, 5.41) is 3.47. The van der Waals surface area contributed by atoms with Crippen LogP contribution in [0.2, 0.25) is 0 Å². The monoisotopic (exact) mass is 247 g/mol. The van der Waals surface area contributed by atoms with E-state index in [2.05, 4.69) is 29.6 Å². The minimum atomic E-state index is -0.111. The van der Waals surface area contributed by atoms with Gasteiger partial charge in [-0.15, -0.1) is 0 Å². The van der Waals surface area contributed by atoms with Gasteiger partial charge in [-0.3, -0.25) is 4.79 Å². The fourth-order valence-corrected chi connectivity index (χ4v) is 2.41. The van der Waals surface area contributed by atoms with Crippen LogP contribution in [0.3, 0.4) is 0 Å². The Morgan fingerprint density at radius 1 is 1.39 bits per heavy atom. The average Bonchev–Trinajstić information content (AvgIpc) is 2.78. The number of esters is 1. The first-order valence-corrected chi connectivity index (χ1v) is 6.67. The van der Waals surface area contributed by atoms with Crippen LogP contribution in [0, 0.1) is 5.92 Å². The second kappa shape index (κ2) is 6.01. The van der Waals surface area contributed by atoms with E-state index in [4.69, 9.17) is 4.74 Å². The molecule has 1 unspecified atom stereocenters. The van der Waals surface area contributed by atoms with Crippen molar-refractivity contribution in [3.63, 3.8) is 0 Å². The van der Waals surface area contributed by atoms with Gasteiger partial charge in [0.2, 0.25) is 0 Å². The first-order chi connectivity index (χ1) is 8.70. The Kier molecular flexibility index (Phi) is 4.37. The maximum Gasteiger partial charge on any atom is 0.309 e. The van der Waals surface area contributed by atoms with Gasteiger partial charge in [-0.05, 0) is 30.9 Å². The largest absolute Gasteiger partial charge is 0.466 e. The summed E-state index contributed by atoms with van der Waals surface area (Å²) in [4.78, 5) is 11.5. The number of ether oxygens (including phenoxy) is 1. The number of rotatable bonds is 5. The molecule has 1 aromatic carbocycles. The molecule has 1 atom stereocenters. The molecule has 0 fully saturated rings. The van der Waals surface area contributed by atoms with Gasteiger partial charge in [0.25, 0.3) is 0 Å². The third-order valence-corrected chi connectivity index (χ3v) is 3.45. The second-order valence-corrected chi connectivity index (χ2v) is 4.94. The van der Waals surface area contributed by atoms with Crippen molar-refractivity contribution in [3.8, 4) is 0 Å². The highest BCUT2D eigenvalue weighted by Crippen LogP contribution is 2.21. The van der Waals surface area contributed by atoms with Crippen LogP contribution in [0.15, 0.2) is 24.3 Å². The lowest BCUT2D eigenvalue weighted by molar-refractivity contribution is -0.147. The van der Waals surface area contributed by atoms with Crippen LogP contribution in [0.4, 0.5) is 0 Å². The number of benzene rings is 1. The molecule has 0 heterocycles. The summed E-state index contributed by atoms with van der Waals surface area (Å²) in [5.41, 5.74) is 2.86. The number of hydrogen-bond donors (Lipinski definition) is 1. The molecular formula is C15H21NO2. The van der Waals surface area contributed by atoms with E-state index in [0.717, 1.165) is 12.8 Å². The second-order valence-electron chi connectivity index (χ2n) is 4.94. The minimum absolute atomic E-state index is 0.0753. The summed E-state index contributed by atoms with van der Waals surface area (Å²) in [5.74, 6) is -0.186. The van der Waals surface area contributed by atoms with Gasteiger partial charge in [-0.1, -0.05) is 31.2 Å². The van der Waals surface area contributed by atoms with Gasteiger partial charge in [-0.25, -0.2) is 0 Å². The van der Waals surface area contributed by atoms with Crippen molar-refractivity contribution in [2.75, 3.05) is 13.2 Å². The zero-order valence-electron chi connectivity index (χ0n) is 11.1. The Balaban J connectivity index is 1.78. The predicted octanol–water partition coefficient (Wildman–Crippen LogP) is 1.94. The molecule has 1 N–H and O–H groups in total. The van der Waals surface area contributed by atoms with Crippen molar-refractivity contribution < 1.29 is 9.53 Å². The molecule has 0 bridgehead atoms. The number of nitrogens with one attached hydrogen (secondary N) is 1. The standard InChI is InChI=1S/C15H21NO2/c1-3-18-15(17)11(2)10-16-14-8-12-6-4-5-7-13(12)9-14/h4-7,11,14,16H,3,8-10H2,1-2H3. The van der Waals surface area contributed by atoms with Crippen LogP contribution < -0.4 is 5.32 Å². The lowest BCUT2D eigenvalue weighted by atomic mass is 10.1. The van der Waals surface area contributed by atoms with Gasteiger partial charge in [0.1, 0.15) is 0 Å². The molecule has 0 aromatic heterocycles. The van der Waals surface area contributed by atoms with Crippen LogP contribution in [0.1, 0.15) is 25.0 Å².